The number of H-pyrrole nitrogens is 1. The molecule has 7 heteroatoms. The van der Waals surface area contributed by atoms with E-state index in [-0.39, 0.29) is 6.04 Å². The maximum absolute atomic E-state index is 6.59. The summed E-state index contributed by atoms with van der Waals surface area (Å²) < 4.78 is 0. The molecule has 0 unspecified atom stereocenters. The third-order valence-electron chi connectivity index (χ3n) is 5.27. The zero-order valence-electron chi connectivity index (χ0n) is 13.6. The van der Waals surface area contributed by atoms with Gasteiger partial charge in [0.1, 0.15) is 11.5 Å². The molecule has 24 heavy (non-hydrogen) atoms. The van der Waals surface area contributed by atoms with Gasteiger partial charge in [0.25, 0.3) is 0 Å². The summed E-state index contributed by atoms with van der Waals surface area (Å²) in [6.07, 6.45) is 10.5. The number of halogens is 1. The summed E-state index contributed by atoms with van der Waals surface area (Å²) in [5.74, 6) is 1.42. The molecule has 0 radical (unpaired) electrons. The number of aromatic nitrogens is 4. The van der Waals surface area contributed by atoms with Crippen LogP contribution in [-0.2, 0) is 12.0 Å². The Morgan fingerprint density at radius 1 is 1.21 bits per heavy atom. The first-order chi connectivity index (χ1) is 11.5. The minimum atomic E-state index is -0.522. The van der Waals surface area contributed by atoms with E-state index in [4.69, 9.17) is 28.1 Å². The molecule has 2 heterocycles. The minimum absolute atomic E-state index is 0.228. The van der Waals surface area contributed by atoms with Gasteiger partial charge < -0.3 is 11.5 Å². The van der Waals surface area contributed by atoms with Crippen molar-refractivity contribution in [2.45, 2.75) is 56.5 Å². The van der Waals surface area contributed by atoms with Gasteiger partial charge in [-0.2, -0.15) is 5.10 Å². The van der Waals surface area contributed by atoms with Crippen molar-refractivity contribution < 1.29 is 0 Å². The van der Waals surface area contributed by atoms with E-state index >= 15 is 0 Å². The van der Waals surface area contributed by atoms with Gasteiger partial charge in [-0.15, -0.1) is 0 Å². The highest BCUT2D eigenvalue weighted by Crippen LogP contribution is 2.37. The molecule has 2 aliphatic carbocycles. The third-order valence-corrected chi connectivity index (χ3v) is 5.55. The molecule has 0 aromatic carbocycles. The number of aromatic amines is 1. The maximum atomic E-state index is 6.59. The first-order valence-electron chi connectivity index (χ1n) is 8.65. The summed E-state index contributed by atoms with van der Waals surface area (Å²) in [6, 6.07) is 0.228. The van der Waals surface area contributed by atoms with Crippen LogP contribution in [0.5, 0.6) is 0 Å². The Bertz CT molecular complexity index is 730. The lowest BCUT2D eigenvalue weighted by atomic mass is 9.80. The van der Waals surface area contributed by atoms with Gasteiger partial charge >= 0.3 is 0 Å². The van der Waals surface area contributed by atoms with Crippen molar-refractivity contribution in [2.24, 2.45) is 17.4 Å². The third kappa shape index (κ3) is 3.06. The SMILES string of the molecule is NC1CCC(N)(c2ncc(Cl)c(-c3[nH]ncc3CC3CC3)n2)CC1. The summed E-state index contributed by atoms with van der Waals surface area (Å²) in [5, 5.41) is 7.78. The van der Waals surface area contributed by atoms with Crippen LogP contribution < -0.4 is 11.5 Å². The molecule has 2 aromatic rings. The van der Waals surface area contributed by atoms with Gasteiger partial charge in [-0.25, -0.2) is 9.97 Å². The van der Waals surface area contributed by atoms with E-state index in [2.05, 4.69) is 15.2 Å². The van der Waals surface area contributed by atoms with Gasteiger partial charge in [-0.3, -0.25) is 5.10 Å². The van der Waals surface area contributed by atoms with E-state index in [1.54, 1.807) is 6.20 Å². The molecule has 0 amide bonds. The zero-order chi connectivity index (χ0) is 16.7. The molecule has 2 aromatic heterocycles. The second kappa shape index (κ2) is 6.10. The molecule has 0 bridgehead atoms. The largest absolute Gasteiger partial charge is 0.328 e. The highest BCUT2D eigenvalue weighted by Gasteiger charge is 2.35. The number of nitrogens with two attached hydrogens (primary N) is 2. The predicted molar refractivity (Wildman–Crippen MR) is 93.4 cm³/mol. The summed E-state index contributed by atoms with van der Waals surface area (Å²) >= 11 is 6.39. The Morgan fingerprint density at radius 2 is 1.96 bits per heavy atom. The Labute approximate surface area is 146 Å². The van der Waals surface area contributed by atoms with Gasteiger partial charge in [0.15, 0.2) is 0 Å². The molecule has 2 aliphatic rings. The van der Waals surface area contributed by atoms with Crippen LogP contribution >= 0.6 is 11.6 Å². The smallest absolute Gasteiger partial charge is 0.148 e. The first-order valence-corrected chi connectivity index (χ1v) is 9.03. The van der Waals surface area contributed by atoms with Crippen LogP contribution in [0.25, 0.3) is 11.4 Å². The average Bonchev–Trinajstić information content (AvgIpc) is 3.27. The second-order valence-corrected chi connectivity index (χ2v) is 7.71. The van der Waals surface area contributed by atoms with Gasteiger partial charge in [0, 0.05) is 12.2 Å². The van der Waals surface area contributed by atoms with E-state index in [0.29, 0.717) is 16.5 Å². The summed E-state index contributed by atoms with van der Waals surface area (Å²) in [5.41, 5.74) is 14.8. The van der Waals surface area contributed by atoms with E-state index in [1.165, 1.54) is 18.4 Å². The Balaban J connectivity index is 1.68. The lowest BCUT2D eigenvalue weighted by Gasteiger charge is -2.34. The quantitative estimate of drug-likeness (QED) is 0.788. The van der Waals surface area contributed by atoms with Crippen LogP contribution in [0.15, 0.2) is 12.4 Å². The maximum Gasteiger partial charge on any atom is 0.148 e. The molecule has 0 aliphatic heterocycles. The monoisotopic (exact) mass is 346 g/mol. The number of hydrogen-bond donors (Lipinski definition) is 3. The molecule has 0 spiro atoms. The summed E-state index contributed by atoms with van der Waals surface area (Å²) in [7, 11) is 0. The van der Waals surface area contributed by atoms with Crippen molar-refractivity contribution in [3.8, 4) is 11.4 Å². The number of nitrogens with zero attached hydrogens (tertiary/aromatic N) is 3. The fourth-order valence-corrected chi connectivity index (χ4v) is 3.65. The molecule has 0 atom stereocenters. The number of rotatable bonds is 4. The molecule has 5 N–H and O–H groups in total. The fourth-order valence-electron chi connectivity index (χ4n) is 3.47. The van der Waals surface area contributed by atoms with Gasteiger partial charge in [-0.1, -0.05) is 11.6 Å². The van der Waals surface area contributed by atoms with Crippen molar-refractivity contribution >= 4 is 11.6 Å². The second-order valence-electron chi connectivity index (χ2n) is 7.30. The molecule has 6 nitrogen and oxygen atoms in total. The van der Waals surface area contributed by atoms with Crippen LogP contribution in [0.1, 0.15) is 49.9 Å². The fraction of sp³-hybridized carbons (Fsp3) is 0.588. The van der Waals surface area contributed by atoms with E-state index in [0.717, 1.165) is 43.7 Å². The molecular weight excluding hydrogens is 324 g/mol. The van der Waals surface area contributed by atoms with Crippen molar-refractivity contribution in [1.82, 2.24) is 20.2 Å². The van der Waals surface area contributed by atoms with Crippen molar-refractivity contribution in [2.75, 3.05) is 0 Å². The standard InChI is InChI=1S/C17H23ClN6/c18-13-9-21-16(17(20)5-3-12(19)4-6-17)23-15(13)14-11(8-22-24-14)7-10-1-2-10/h8-10,12H,1-7,19-20H2,(H,22,24). The molecule has 4 rings (SSSR count). The van der Waals surface area contributed by atoms with E-state index in [1.807, 2.05) is 6.20 Å². The van der Waals surface area contributed by atoms with Gasteiger partial charge in [0.2, 0.25) is 0 Å². The molecular formula is C17H23ClN6. The molecule has 2 fully saturated rings. The minimum Gasteiger partial charge on any atom is -0.328 e. The van der Waals surface area contributed by atoms with E-state index < -0.39 is 5.54 Å². The highest BCUT2D eigenvalue weighted by molar-refractivity contribution is 6.32. The van der Waals surface area contributed by atoms with Crippen LogP contribution in [0.4, 0.5) is 0 Å². The summed E-state index contributed by atoms with van der Waals surface area (Å²) in [4.78, 5) is 9.17. The zero-order valence-corrected chi connectivity index (χ0v) is 14.4. The van der Waals surface area contributed by atoms with Crippen LogP contribution in [-0.4, -0.2) is 26.2 Å². The first kappa shape index (κ1) is 16.0. The molecule has 128 valence electrons. The lowest BCUT2D eigenvalue weighted by molar-refractivity contribution is 0.265. The van der Waals surface area contributed by atoms with Crippen molar-refractivity contribution in [3.05, 3.63) is 28.8 Å². The normalized spacial score (nSPS) is 27.4. The van der Waals surface area contributed by atoms with Gasteiger partial charge in [0.05, 0.1) is 22.5 Å². The lowest BCUT2D eigenvalue weighted by Crippen LogP contribution is -2.45. The van der Waals surface area contributed by atoms with E-state index in [9.17, 15) is 0 Å². The highest BCUT2D eigenvalue weighted by atomic mass is 35.5. The molecule has 0 saturated heterocycles. The Morgan fingerprint density at radius 3 is 2.67 bits per heavy atom. The topological polar surface area (TPSA) is 106 Å². The Kier molecular flexibility index (Phi) is 4.06. The number of hydrogen-bond acceptors (Lipinski definition) is 5. The van der Waals surface area contributed by atoms with Crippen LogP contribution in [0, 0.1) is 5.92 Å². The molecule has 2 saturated carbocycles. The van der Waals surface area contributed by atoms with Crippen LogP contribution in [0.2, 0.25) is 5.02 Å². The summed E-state index contributed by atoms with van der Waals surface area (Å²) in [6.45, 7) is 0. The van der Waals surface area contributed by atoms with Crippen molar-refractivity contribution in [3.63, 3.8) is 0 Å². The average molecular weight is 347 g/mol. The van der Waals surface area contributed by atoms with Crippen LogP contribution in [0.3, 0.4) is 0 Å². The predicted octanol–water partition coefficient (Wildman–Crippen LogP) is 2.53. The number of nitrogens with one attached hydrogen (secondary N) is 1. The van der Waals surface area contributed by atoms with Crippen molar-refractivity contribution in [1.29, 1.82) is 0 Å². The van der Waals surface area contributed by atoms with Gasteiger partial charge in [-0.05, 0) is 56.4 Å². The Hall–Kier alpha value is -1.50.